The normalized spacial score (nSPS) is 11.2. The first-order valence-electron chi connectivity index (χ1n) is 6.10. The molecule has 4 nitrogen and oxygen atoms in total. The van der Waals surface area contributed by atoms with Crippen molar-refractivity contribution in [1.82, 2.24) is 0 Å². The standard InChI is InChI=1S/C14H14F2N2O2S/c1-21(19,20)18-14-5-3-2-4-13(14)17-9-10-6-7-11(15)8-12(10)16/h2-8,17-18H,9H2,1H3. The van der Waals surface area contributed by atoms with E-state index in [0.29, 0.717) is 11.4 Å². The molecule has 0 radical (unpaired) electrons. The Balaban J connectivity index is 2.16. The molecule has 0 aliphatic rings. The first-order chi connectivity index (χ1) is 9.85. The van der Waals surface area contributed by atoms with Gasteiger partial charge in [0.25, 0.3) is 0 Å². The van der Waals surface area contributed by atoms with Gasteiger partial charge in [-0.2, -0.15) is 0 Å². The third-order valence-corrected chi connectivity index (χ3v) is 3.30. The van der Waals surface area contributed by atoms with Gasteiger partial charge in [-0.25, -0.2) is 17.2 Å². The van der Waals surface area contributed by atoms with Crippen molar-refractivity contribution in [3.8, 4) is 0 Å². The lowest BCUT2D eigenvalue weighted by atomic mass is 10.2. The maximum Gasteiger partial charge on any atom is 0.229 e. The van der Waals surface area contributed by atoms with Crippen LogP contribution >= 0.6 is 0 Å². The van der Waals surface area contributed by atoms with Gasteiger partial charge < -0.3 is 5.32 Å². The second-order valence-corrected chi connectivity index (χ2v) is 6.26. The molecule has 0 unspecified atom stereocenters. The van der Waals surface area contributed by atoms with Gasteiger partial charge in [0, 0.05) is 18.2 Å². The highest BCUT2D eigenvalue weighted by atomic mass is 32.2. The number of nitrogens with one attached hydrogen (secondary N) is 2. The Bertz CT molecular complexity index is 748. The summed E-state index contributed by atoms with van der Waals surface area (Å²) in [4.78, 5) is 0. The van der Waals surface area contributed by atoms with Crippen molar-refractivity contribution in [2.45, 2.75) is 6.54 Å². The van der Waals surface area contributed by atoms with Crippen LogP contribution in [0.5, 0.6) is 0 Å². The van der Waals surface area contributed by atoms with E-state index in [-0.39, 0.29) is 12.1 Å². The second-order valence-electron chi connectivity index (χ2n) is 4.51. The molecular weight excluding hydrogens is 298 g/mol. The Hall–Kier alpha value is -2.15. The number of sulfonamides is 1. The van der Waals surface area contributed by atoms with E-state index in [1.54, 1.807) is 24.3 Å². The Kier molecular flexibility index (Phi) is 4.42. The molecule has 0 spiro atoms. The summed E-state index contributed by atoms with van der Waals surface area (Å²) in [6.45, 7) is 0.106. The van der Waals surface area contributed by atoms with Crippen LogP contribution < -0.4 is 10.0 Å². The van der Waals surface area contributed by atoms with E-state index in [0.717, 1.165) is 12.3 Å². The van der Waals surface area contributed by atoms with E-state index >= 15 is 0 Å². The lowest BCUT2D eigenvalue weighted by Crippen LogP contribution is -2.12. The molecule has 0 heterocycles. The molecular formula is C14H14F2N2O2S. The maximum absolute atomic E-state index is 13.5. The largest absolute Gasteiger partial charge is 0.379 e. The van der Waals surface area contributed by atoms with Gasteiger partial charge in [0.05, 0.1) is 17.6 Å². The number of hydrogen-bond acceptors (Lipinski definition) is 3. The van der Waals surface area contributed by atoms with Crippen molar-refractivity contribution < 1.29 is 17.2 Å². The average Bonchev–Trinajstić information content (AvgIpc) is 2.37. The topological polar surface area (TPSA) is 58.2 Å². The molecule has 0 aliphatic carbocycles. The van der Waals surface area contributed by atoms with Gasteiger partial charge in [0.15, 0.2) is 0 Å². The Morgan fingerprint density at radius 3 is 2.33 bits per heavy atom. The Labute approximate surface area is 121 Å². The van der Waals surface area contributed by atoms with Gasteiger partial charge in [-0.1, -0.05) is 18.2 Å². The van der Waals surface area contributed by atoms with Crippen LogP contribution in [0.2, 0.25) is 0 Å². The monoisotopic (exact) mass is 312 g/mol. The van der Waals surface area contributed by atoms with Crippen LogP contribution in [0.25, 0.3) is 0 Å². The zero-order valence-electron chi connectivity index (χ0n) is 11.2. The first-order valence-corrected chi connectivity index (χ1v) is 7.99. The molecule has 0 amide bonds. The second kappa shape index (κ2) is 6.09. The van der Waals surface area contributed by atoms with Crippen LogP contribution in [0.15, 0.2) is 42.5 Å². The highest BCUT2D eigenvalue weighted by molar-refractivity contribution is 7.92. The zero-order valence-corrected chi connectivity index (χ0v) is 12.0. The van der Waals surface area contributed by atoms with Crippen molar-refractivity contribution in [2.75, 3.05) is 16.3 Å². The molecule has 2 aromatic carbocycles. The summed E-state index contributed by atoms with van der Waals surface area (Å²) < 4.78 is 51.3. The third-order valence-electron chi connectivity index (χ3n) is 2.71. The number of hydrogen-bond donors (Lipinski definition) is 2. The van der Waals surface area contributed by atoms with E-state index in [4.69, 9.17) is 0 Å². The minimum atomic E-state index is -3.41. The SMILES string of the molecule is CS(=O)(=O)Nc1ccccc1NCc1ccc(F)cc1F. The molecule has 21 heavy (non-hydrogen) atoms. The number of anilines is 2. The Morgan fingerprint density at radius 1 is 1.05 bits per heavy atom. The summed E-state index contributed by atoms with van der Waals surface area (Å²) in [5.74, 6) is -1.30. The predicted molar refractivity (Wildman–Crippen MR) is 78.6 cm³/mol. The molecule has 0 bridgehead atoms. The molecule has 2 N–H and O–H groups in total. The molecule has 0 fully saturated rings. The number of halogens is 2. The predicted octanol–water partition coefficient (Wildman–Crippen LogP) is 2.95. The van der Waals surface area contributed by atoms with Gasteiger partial charge in [0.1, 0.15) is 11.6 Å². The van der Waals surface area contributed by atoms with Gasteiger partial charge in [-0.3, -0.25) is 4.72 Å². The van der Waals surface area contributed by atoms with Gasteiger partial charge >= 0.3 is 0 Å². The molecule has 7 heteroatoms. The summed E-state index contributed by atoms with van der Waals surface area (Å²) in [6.07, 6.45) is 1.05. The van der Waals surface area contributed by atoms with Crippen LogP contribution in [0, 0.1) is 11.6 Å². The molecule has 0 saturated carbocycles. The van der Waals surface area contributed by atoms with Crippen LogP contribution in [0.1, 0.15) is 5.56 Å². The number of para-hydroxylation sites is 2. The maximum atomic E-state index is 13.5. The summed E-state index contributed by atoms with van der Waals surface area (Å²) in [5.41, 5.74) is 1.15. The number of benzene rings is 2. The minimum Gasteiger partial charge on any atom is -0.379 e. The molecule has 0 saturated heterocycles. The van der Waals surface area contributed by atoms with E-state index < -0.39 is 21.7 Å². The van der Waals surface area contributed by atoms with Crippen molar-refractivity contribution in [3.05, 3.63) is 59.7 Å². The van der Waals surface area contributed by atoms with E-state index in [9.17, 15) is 17.2 Å². The van der Waals surface area contributed by atoms with E-state index in [1.807, 2.05) is 0 Å². The minimum absolute atomic E-state index is 0.106. The molecule has 112 valence electrons. The molecule has 2 aromatic rings. The lowest BCUT2D eigenvalue weighted by molar-refractivity contribution is 0.574. The summed E-state index contributed by atoms with van der Waals surface area (Å²) in [7, 11) is -3.41. The highest BCUT2D eigenvalue weighted by Crippen LogP contribution is 2.23. The van der Waals surface area contributed by atoms with Crippen LogP contribution in [-0.4, -0.2) is 14.7 Å². The molecule has 0 aliphatic heterocycles. The van der Waals surface area contributed by atoms with Gasteiger partial charge in [-0.05, 0) is 18.2 Å². The van der Waals surface area contributed by atoms with Crippen molar-refractivity contribution in [2.24, 2.45) is 0 Å². The van der Waals surface area contributed by atoms with Crippen LogP contribution in [-0.2, 0) is 16.6 Å². The quantitative estimate of drug-likeness (QED) is 0.892. The summed E-state index contributed by atoms with van der Waals surface area (Å²) in [6, 6.07) is 9.95. The zero-order chi connectivity index (χ0) is 15.5. The fourth-order valence-electron chi connectivity index (χ4n) is 1.78. The smallest absolute Gasteiger partial charge is 0.229 e. The van der Waals surface area contributed by atoms with Crippen molar-refractivity contribution in [3.63, 3.8) is 0 Å². The van der Waals surface area contributed by atoms with E-state index in [2.05, 4.69) is 10.0 Å². The molecule has 0 aromatic heterocycles. The Morgan fingerprint density at radius 2 is 1.71 bits per heavy atom. The fourth-order valence-corrected chi connectivity index (χ4v) is 2.36. The molecule has 0 atom stereocenters. The van der Waals surface area contributed by atoms with E-state index in [1.165, 1.54) is 12.1 Å². The number of rotatable bonds is 5. The molecule has 2 rings (SSSR count). The van der Waals surface area contributed by atoms with Crippen LogP contribution in [0.3, 0.4) is 0 Å². The third kappa shape index (κ3) is 4.42. The summed E-state index contributed by atoms with van der Waals surface area (Å²) >= 11 is 0. The van der Waals surface area contributed by atoms with Gasteiger partial charge in [-0.15, -0.1) is 0 Å². The average molecular weight is 312 g/mol. The van der Waals surface area contributed by atoms with Gasteiger partial charge in [0.2, 0.25) is 10.0 Å². The van der Waals surface area contributed by atoms with Crippen molar-refractivity contribution >= 4 is 21.4 Å². The summed E-state index contributed by atoms with van der Waals surface area (Å²) in [5, 5.41) is 2.92. The first kappa shape index (κ1) is 15.2. The van der Waals surface area contributed by atoms with Crippen molar-refractivity contribution in [1.29, 1.82) is 0 Å². The lowest BCUT2D eigenvalue weighted by Gasteiger charge is -2.13. The van der Waals surface area contributed by atoms with Crippen LogP contribution in [0.4, 0.5) is 20.2 Å². The highest BCUT2D eigenvalue weighted by Gasteiger charge is 2.08. The fraction of sp³-hybridized carbons (Fsp3) is 0.143.